The first-order valence-corrected chi connectivity index (χ1v) is 5.25. The highest BCUT2D eigenvalue weighted by atomic mass is 35.5. The highest BCUT2D eigenvalue weighted by Gasteiger charge is 2.15. The summed E-state index contributed by atoms with van der Waals surface area (Å²) >= 11 is 6.05. The van der Waals surface area contributed by atoms with Crippen LogP contribution in [0.3, 0.4) is 0 Å². The number of carbonyl (C=O) groups is 1. The molecule has 0 saturated heterocycles. The van der Waals surface area contributed by atoms with Crippen LogP contribution in [0.5, 0.6) is 0 Å². The van der Waals surface area contributed by atoms with E-state index >= 15 is 0 Å². The molecular formula is C12H9ClFNO2. The molecule has 0 N–H and O–H groups in total. The summed E-state index contributed by atoms with van der Waals surface area (Å²) in [5.41, 5.74) is 1.37. The smallest absolute Gasteiger partial charge is 0.340 e. The van der Waals surface area contributed by atoms with Gasteiger partial charge in [-0.2, -0.15) is 0 Å². The van der Waals surface area contributed by atoms with E-state index in [0.717, 1.165) is 0 Å². The van der Waals surface area contributed by atoms with Gasteiger partial charge in [-0.15, -0.1) is 0 Å². The molecule has 0 atom stereocenters. The van der Waals surface area contributed by atoms with Crippen molar-refractivity contribution < 1.29 is 13.9 Å². The molecule has 0 saturated carbocycles. The third-order valence-electron chi connectivity index (χ3n) is 2.47. The van der Waals surface area contributed by atoms with Gasteiger partial charge in [-0.1, -0.05) is 11.6 Å². The lowest BCUT2D eigenvalue weighted by atomic mass is 10.1. The minimum Gasteiger partial charge on any atom is -0.465 e. The maximum absolute atomic E-state index is 13.3. The van der Waals surface area contributed by atoms with Crippen molar-refractivity contribution >= 4 is 28.5 Å². The summed E-state index contributed by atoms with van der Waals surface area (Å²) in [4.78, 5) is 15.5. The molecule has 2 aromatic rings. The first kappa shape index (κ1) is 11.8. The summed E-state index contributed by atoms with van der Waals surface area (Å²) in [5, 5.41) is 0.566. The molecule has 1 aromatic carbocycles. The Labute approximate surface area is 102 Å². The molecule has 0 aliphatic rings. The zero-order chi connectivity index (χ0) is 12.6. The topological polar surface area (TPSA) is 39.2 Å². The molecule has 1 heterocycles. The number of fused-ring (bicyclic) bond motifs is 1. The van der Waals surface area contributed by atoms with Crippen molar-refractivity contribution in [3.05, 3.63) is 40.3 Å². The van der Waals surface area contributed by atoms with E-state index in [2.05, 4.69) is 9.72 Å². The Morgan fingerprint density at radius 1 is 1.47 bits per heavy atom. The molecule has 0 aliphatic carbocycles. The lowest BCUT2D eigenvalue weighted by molar-refractivity contribution is 0.0600. The normalized spacial score (nSPS) is 10.6. The Morgan fingerprint density at radius 3 is 2.82 bits per heavy atom. The van der Waals surface area contributed by atoms with Crippen LogP contribution in [0.1, 0.15) is 15.9 Å². The lowest BCUT2D eigenvalue weighted by Crippen LogP contribution is -2.03. The monoisotopic (exact) mass is 253 g/mol. The van der Waals surface area contributed by atoms with Gasteiger partial charge in [0.1, 0.15) is 5.82 Å². The molecule has 0 spiro atoms. The van der Waals surface area contributed by atoms with Crippen molar-refractivity contribution in [3.8, 4) is 0 Å². The van der Waals surface area contributed by atoms with Crippen molar-refractivity contribution in [3.63, 3.8) is 0 Å². The number of pyridine rings is 1. The average Bonchev–Trinajstić information content (AvgIpc) is 2.29. The van der Waals surface area contributed by atoms with Gasteiger partial charge in [0.2, 0.25) is 0 Å². The van der Waals surface area contributed by atoms with E-state index in [9.17, 15) is 9.18 Å². The Hall–Kier alpha value is -1.68. The van der Waals surface area contributed by atoms with Crippen LogP contribution in [0.4, 0.5) is 4.39 Å². The lowest BCUT2D eigenvalue weighted by Gasteiger charge is -2.07. The number of aryl methyl sites for hydroxylation is 1. The van der Waals surface area contributed by atoms with Crippen molar-refractivity contribution in [1.82, 2.24) is 4.98 Å². The summed E-state index contributed by atoms with van der Waals surface area (Å²) < 4.78 is 17.9. The minimum absolute atomic E-state index is 0.131. The van der Waals surface area contributed by atoms with Gasteiger partial charge < -0.3 is 4.74 Å². The Morgan fingerprint density at radius 2 is 2.18 bits per heavy atom. The predicted octanol–water partition coefficient (Wildman–Crippen LogP) is 3.12. The molecule has 88 valence electrons. The van der Waals surface area contributed by atoms with Gasteiger partial charge in [0.05, 0.1) is 23.2 Å². The number of hydrogen-bond acceptors (Lipinski definition) is 3. The number of carbonyl (C=O) groups excluding carboxylic acids is 1. The van der Waals surface area contributed by atoms with Gasteiger partial charge in [0.25, 0.3) is 0 Å². The average molecular weight is 254 g/mol. The molecule has 1 aromatic heterocycles. The third kappa shape index (κ3) is 1.96. The highest BCUT2D eigenvalue weighted by molar-refractivity contribution is 6.38. The number of methoxy groups -OCH3 is 1. The van der Waals surface area contributed by atoms with Crippen LogP contribution in [-0.2, 0) is 4.74 Å². The number of benzene rings is 1. The van der Waals surface area contributed by atoms with Gasteiger partial charge in [-0.05, 0) is 24.6 Å². The van der Waals surface area contributed by atoms with Gasteiger partial charge in [-0.3, -0.25) is 4.98 Å². The molecule has 17 heavy (non-hydrogen) atoms. The van der Waals surface area contributed by atoms with Crippen LogP contribution in [0, 0.1) is 12.7 Å². The maximum atomic E-state index is 13.3. The first-order valence-electron chi connectivity index (χ1n) is 4.87. The van der Waals surface area contributed by atoms with Crippen LogP contribution >= 0.6 is 11.6 Å². The van der Waals surface area contributed by atoms with E-state index in [1.54, 1.807) is 6.92 Å². The van der Waals surface area contributed by atoms with E-state index in [1.807, 2.05) is 0 Å². The summed E-state index contributed by atoms with van der Waals surface area (Å²) in [6, 6.07) is 2.62. The van der Waals surface area contributed by atoms with Gasteiger partial charge >= 0.3 is 5.97 Å². The zero-order valence-corrected chi connectivity index (χ0v) is 10.0. The molecule has 0 unspecified atom stereocenters. The summed E-state index contributed by atoms with van der Waals surface area (Å²) in [7, 11) is 1.25. The SMILES string of the molecule is COC(=O)c1cnc2c(C)cc(F)cc2c1Cl. The molecule has 0 fully saturated rings. The number of esters is 1. The molecular weight excluding hydrogens is 245 g/mol. The summed E-state index contributed by atoms with van der Waals surface area (Å²) in [6.45, 7) is 1.73. The van der Waals surface area contributed by atoms with Crippen LogP contribution in [0.2, 0.25) is 5.02 Å². The molecule has 5 heteroatoms. The fourth-order valence-corrected chi connectivity index (χ4v) is 1.93. The molecule has 0 amide bonds. The molecule has 0 bridgehead atoms. The van der Waals surface area contributed by atoms with E-state index in [1.165, 1.54) is 25.4 Å². The minimum atomic E-state index is -0.591. The van der Waals surface area contributed by atoms with Crippen LogP contribution in [-0.4, -0.2) is 18.1 Å². The van der Waals surface area contributed by atoms with Crippen LogP contribution in [0.15, 0.2) is 18.3 Å². The van der Waals surface area contributed by atoms with E-state index in [4.69, 9.17) is 11.6 Å². The van der Waals surface area contributed by atoms with Crippen molar-refractivity contribution in [2.45, 2.75) is 6.92 Å². The van der Waals surface area contributed by atoms with Gasteiger partial charge in [0, 0.05) is 11.6 Å². The van der Waals surface area contributed by atoms with E-state index in [-0.39, 0.29) is 10.6 Å². The quantitative estimate of drug-likeness (QED) is 0.733. The van der Waals surface area contributed by atoms with Crippen molar-refractivity contribution in [2.75, 3.05) is 7.11 Å². The zero-order valence-electron chi connectivity index (χ0n) is 9.25. The standard InChI is InChI=1S/C12H9ClFNO2/c1-6-3-7(14)4-8-10(13)9(12(16)17-2)5-15-11(6)8/h3-5H,1-2H3. The molecule has 0 radical (unpaired) electrons. The number of aromatic nitrogens is 1. The molecule has 0 aliphatic heterocycles. The highest BCUT2D eigenvalue weighted by Crippen LogP contribution is 2.28. The molecule has 3 nitrogen and oxygen atoms in total. The summed E-state index contributed by atoms with van der Waals surface area (Å²) in [5.74, 6) is -1.01. The maximum Gasteiger partial charge on any atom is 0.340 e. The van der Waals surface area contributed by atoms with Crippen LogP contribution < -0.4 is 0 Å². The van der Waals surface area contributed by atoms with E-state index < -0.39 is 11.8 Å². The van der Waals surface area contributed by atoms with Gasteiger partial charge in [-0.25, -0.2) is 9.18 Å². The number of ether oxygens (including phenoxy) is 1. The Balaban J connectivity index is 2.79. The van der Waals surface area contributed by atoms with Crippen molar-refractivity contribution in [2.24, 2.45) is 0 Å². The fourth-order valence-electron chi connectivity index (χ4n) is 1.66. The van der Waals surface area contributed by atoms with Gasteiger partial charge in [0.15, 0.2) is 0 Å². The largest absolute Gasteiger partial charge is 0.465 e. The predicted molar refractivity (Wildman–Crippen MR) is 62.8 cm³/mol. The Bertz CT molecular complexity index is 613. The number of nitrogens with zero attached hydrogens (tertiary/aromatic N) is 1. The summed E-state index contributed by atoms with van der Waals surface area (Å²) in [6.07, 6.45) is 1.33. The Kier molecular flexibility index (Phi) is 2.98. The number of rotatable bonds is 1. The first-order chi connectivity index (χ1) is 8.04. The number of hydrogen-bond donors (Lipinski definition) is 0. The van der Waals surface area contributed by atoms with Crippen LogP contribution in [0.25, 0.3) is 10.9 Å². The second-order valence-electron chi connectivity index (χ2n) is 3.60. The van der Waals surface area contributed by atoms with E-state index in [0.29, 0.717) is 16.5 Å². The fraction of sp³-hybridized carbons (Fsp3) is 0.167. The van der Waals surface area contributed by atoms with Crippen molar-refractivity contribution in [1.29, 1.82) is 0 Å². The third-order valence-corrected chi connectivity index (χ3v) is 2.87. The second kappa shape index (κ2) is 4.30. The second-order valence-corrected chi connectivity index (χ2v) is 3.97. The molecule has 2 rings (SSSR count). The number of halogens is 2.